The normalized spacial score (nSPS) is 10.9. The number of nitrogens with zero attached hydrogens (tertiary/aromatic N) is 3. The Morgan fingerprint density at radius 2 is 1.90 bits per heavy atom. The Kier molecular flexibility index (Phi) is 6.53. The molecule has 0 aliphatic rings. The van der Waals surface area contributed by atoms with Gasteiger partial charge in [-0.2, -0.15) is 0 Å². The maximum absolute atomic E-state index is 12.7. The van der Waals surface area contributed by atoms with Gasteiger partial charge in [0, 0.05) is 29.1 Å². The number of thioether (sulfide) groups is 1. The minimum atomic E-state index is -0.269. The van der Waals surface area contributed by atoms with Crippen molar-refractivity contribution in [3.8, 4) is 11.4 Å². The molecule has 8 heteroatoms. The van der Waals surface area contributed by atoms with Crippen LogP contribution in [0.25, 0.3) is 11.4 Å². The van der Waals surface area contributed by atoms with Crippen molar-refractivity contribution in [3.05, 3.63) is 52.8 Å². The number of carbonyl (C=O) groups excluding carboxylic acids is 2. The van der Waals surface area contributed by atoms with E-state index in [1.165, 1.54) is 24.4 Å². The number of ether oxygens (including phenoxy) is 1. The summed E-state index contributed by atoms with van der Waals surface area (Å²) in [6, 6.07) is 9.87. The highest BCUT2D eigenvalue weighted by molar-refractivity contribution is 7.99. The van der Waals surface area contributed by atoms with Crippen LogP contribution in [-0.2, 0) is 16.1 Å². The fourth-order valence-corrected chi connectivity index (χ4v) is 3.77. The summed E-state index contributed by atoms with van der Waals surface area (Å²) in [6.07, 6.45) is 0.272. The molecule has 7 nitrogen and oxygen atoms in total. The first-order valence-electron chi connectivity index (χ1n) is 9.28. The fraction of sp³-hybridized carbons (Fsp3) is 0.333. The van der Waals surface area contributed by atoms with Crippen molar-refractivity contribution in [1.29, 1.82) is 0 Å². The molecule has 0 saturated heterocycles. The van der Waals surface area contributed by atoms with Gasteiger partial charge in [-0.3, -0.25) is 14.7 Å². The lowest BCUT2D eigenvalue weighted by Gasteiger charge is -2.08. The predicted octanol–water partition coefficient (Wildman–Crippen LogP) is 3.74. The van der Waals surface area contributed by atoms with Crippen LogP contribution in [0.3, 0.4) is 0 Å². The molecular formula is C21H24N4O3S. The third-order valence-corrected chi connectivity index (χ3v) is 5.61. The van der Waals surface area contributed by atoms with Crippen LogP contribution in [0.2, 0.25) is 0 Å². The van der Waals surface area contributed by atoms with Gasteiger partial charge in [0.2, 0.25) is 5.16 Å². The molecule has 0 unspecified atom stereocenters. The largest absolute Gasteiger partial charge is 0.469 e. The van der Waals surface area contributed by atoms with Crippen molar-refractivity contribution in [2.45, 2.75) is 38.9 Å². The highest BCUT2D eigenvalue weighted by Gasteiger charge is 2.17. The maximum Gasteiger partial charge on any atom is 0.307 e. The summed E-state index contributed by atoms with van der Waals surface area (Å²) in [4.78, 5) is 28.6. The van der Waals surface area contributed by atoms with E-state index < -0.39 is 0 Å². The number of hydrogen-bond donors (Lipinski definition) is 1. The quantitative estimate of drug-likeness (QED) is 0.344. The van der Waals surface area contributed by atoms with Crippen LogP contribution in [-0.4, -0.2) is 44.4 Å². The number of hydrogen-bond acceptors (Lipinski definition) is 6. The molecule has 0 aliphatic carbocycles. The van der Waals surface area contributed by atoms with Crippen LogP contribution in [0.5, 0.6) is 0 Å². The molecule has 3 aromatic rings. The van der Waals surface area contributed by atoms with Crippen molar-refractivity contribution in [1.82, 2.24) is 19.7 Å². The van der Waals surface area contributed by atoms with E-state index in [1.807, 2.05) is 55.7 Å². The average Bonchev–Trinajstić information content (AvgIpc) is 3.29. The standard InChI is InChI=1S/C21H24N4O3S/c1-13-5-7-16(8-6-13)20-22-21(24-23-20)29-12-18(26)17-11-14(2)25(15(17)3)10-9-19(27)28-4/h5-8,11H,9-10,12H2,1-4H3,(H,22,23,24). The SMILES string of the molecule is COC(=O)CCn1c(C)cc(C(=O)CSc2n[nH]c(-c3ccc(C)cc3)n2)c1C. The number of aromatic amines is 1. The van der Waals surface area contributed by atoms with E-state index in [-0.39, 0.29) is 23.9 Å². The van der Waals surface area contributed by atoms with Crippen LogP contribution in [0.1, 0.15) is 33.7 Å². The number of methoxy groups -OCH3 is 1. The van der Waals surface area contributed by atoms with E-state index in [1.54, 1.807) is 0 Å². The summed E-state index contributed by atoms with van der Waals surface area (Å²) in [7, 11) is 1.37. The number of carbonyl (C=O) groups is 2. The lowest BCUT2D eigenvalue weighted by Crippen LogP contribution is -2.10. The summed E-state index contributed by atoms with van der Waals surface area (Å²) in [5.74, 6) is 0.664. The second-order valence-corrected chi connectivity index (χ2v) is 7.75. The zero-order valence-corrected chi connectivity index (χ0v) is 17.8. The third-order valence-electron chi connectivity index (χ3n) is 4.76. The van der Waals surface area contributed by atoms with Crippen molar-refractivity contribution in [3.63, 3.8) is 0 Å². The van der Waals surface area contributed by atoms with Gasteiger partial charge >= 0.3 is 5.97 Å². The molecular weight excluding hydrogens is 388 g/mol. The maximum atomic E-state index is 12.7. The highest BCUT2D eigenvalue weighted by Crippen LogP contribution is 2.22. The van der Waals surface area contributed by atoms with E-state index in [9.17, 15) is 9.59 Å². The van der Waals surface area contributed by atoms with Crippen LogP contribution in [0.15, 0.2) is 35.5 Å². The minimum Gasteiger partial charge on any atom is -0.469 e. The first-order chi connectivity index (χ1) is 13.9. The van der Waals surface area contributed by atoms with Crippen molar-refractivity contribution < 1.29 is 14.3 Å². The van der Waals surface area contributed by atoms with Crippen LogP contribution in [0.4, 0.5) is 0 Å². The lowest BCUT2D eigenvalue weighted by molar-refractivity contribution is -0.140. The monoisotopic (exact) mass is 412 g/mol. The molecule has 0 saturated carbocycles. The molecule has 0 aliphatic heterocycles. The molecule has 3 rings (SSSR count). The molecule has 2 aromatic heterocycles. The first-order valence-corrected chi connectivity index (χ1v) is 10.3. The molecule has 1 aromatic carbocycles. The third kappa shape index (κ3) is 4.95. The van der Waals surface area contributed by atoms with E-state index >= 15 is 0 Å². The predicted molar refractivity (Wildman–Crippen MR) is 112 cm³/mol. The second-order valence-electron chi connectivity index (χ2n) is 6.81. The topological polar surface area (TPSA) is 89.9 Å². The molecule has 1 N–H and O–H groups in total. The van der Waals surface area contributed by atoms with Gasteiger partial charge in [0.15, 0.2) is 11.6 Å². The van der Waals surface area contributed by atoms with E-state index in [4.69, 9.17) is 4.74 Å². The van der Waals surface area contributed by atoms with Crippen molar-refractivity contribution in [2.24, 2.45) is 0 Å². The Bertz CT molecular complexity index is 1020. The number of rotatable bonds is 8. The Balaban J connectivity index is 1.64. The van der Waals surface area contributed by atoms with Crippen molar-refractivity contribution >= 4 is 23.5 Å². The summed E-state index contributed by atoms with van der Waals surface area (Å²) < 4.78 is 6.66. The molecule has 29 heavy (non-hydrogen) atoms. The zero-order valence-electron chi connectivity index (χ0n) is 17.0. The number of benzene rings is 1. The smallest absolute Gasteiger partial charge is 0.307 e. The molecule has 0 fully saturated rings. The number of esters is 1. The highest BCUT2D eigenvalue weighted by atomic mass is 32.2. The number of nitrogens with one attached hydrogen (secondary N) is 1. The number of aryl methyl sites for hydroxylation is 2. The van der Waals surface area contributed by atoms with Gasteiger partial charge in [0.25, 0.3) is 0 Å². The summed E-state index contributed by atoms with van der Waals surface area (Å²) in [5.41, 5.74) is 4.59. The van der Waals surface area contributed by atoms with Crippen LogP contribution in [0, 0.1) is 20.8 Å². The van der Waals surface area contributed by atoms with Gasteiger partial charge in [-0.05, 0) is 26.8 Å². The molecule has 0 spiro atoms. The van der Waals surface area contributed by atoms with E-state index in [0.29, 0.717) is 23.1 Å². The van der Waals surface area contributed by atoms with E-state index in [0.717, 1.165) is 17.0 Å². The molecule has 0 bridgehead atoms. The Labute approximate surface area is 173 Å². The Morgan fingerprint density at radius 3 is 2.59 bits per heavy atom. The van der Waals surface area contributed by atoms with Crippen LogP contribution >= 0.6 is 11.8 Å². The van der Waals surface area contributed by atoms with E-state index in [2.05, 4.69) is 15.2 Å². The summed E-state index contributed by atoms with van der Waals surface area (Å²) >= 11 is 1.30. The molecule has 0 atom stereocenters. The summed E-state index contributed by atoms with van der Waals surface area (Å²) in [6.45, 7) is 6.34. The number of Topliss-reactive ketones (excluding diaryl/α,β-unsaturated/α-hetero) is 1. The molecule has 152 valence electrons. The van der Waals surface area contributed by atoms with Gasteiger partial charge in [-0.1, -0.05) is 41.6 Å². The average molecular weight is 413 g/mol. The van der Waals surface area contributed by atoms with Gasteiger partial charge in [0.1, 0.15) is 0 Å². The number of aromatic nitrogens is 4. The molecule has 2 heterocycles. The Morgan fingerprint density at radius 1 is 1.17 bits per heavy atom. The molecule has 0 radical (unpaired) electrons. The van der Waals surface area contributed by atoms with Gasteiger partial charge in [-0.15, -0.1) is 5.10 Å². The van der Waals surface area contributed by atoms with Gasteiger partial charge in [-0.25, -0.2) is 4.98 Å². The lowest BCUT2D eigenvalue weighted by atomic mass is 10.1. The van der Waals surface area contributed by atoms with Gasteiger partial charge in [0.05, 0.1) is 19.3 Å². The van der Waals surface area contributed by atoms with Gasteiger partial charge < -0.3 is 9.30 Å². The Hall–Kier alpha value is -2.87. The second kappa shape index (κ2) is 9.09. The fourth-order valence-electron chi connectivity index (χ4n) is 3.09. The zero-order chi connectivity index (χ0) is 21.0. The number of ketones is 1. The number of H-pyrrole nitrogens is 1. The molecule has 0 amide bonds. The van der Waals surface area contributed by atoms with Crippen molar-refractivity contribution in [2.75, 3.05) is 12.9 Å². The first kappa shape index (κ1) is 20.9. The summed E-state index contributed by atoms with van der Waals surface area (Å²) in [5, 5.41) is 7.66. The van der Waals surface area contributed by atoms with Crippen LogP contribution < -0.4 is 0 Å². The minimum absolute atomic E-state index is 0.00843.